The molecule has 0 spiro atoms. The third-order valence-corrected chi connectivity index (χ3v) is 4.89. The van der Waals surface area contributed by atoms with Crippen LogP contribution in [0.3, 0.4) is 0 Å². The average molecular weight is 436 g/mol. The molecule has 0 aliphatic heterocycles. The first kappa shape index (κ1) is 21.1. The van der Waals surface area contributed by atoms with Gasteiger partial charge < -0.3 is 9.73 Å². The van der Waals surface area contributed by atoms with Gasteiger partial charge in [-0.1, -0.05) is 25.1 Å². The fraction of sp³-hybridized carbons (Fsp3) is 0.130. The summed E-state index contributed by atoms with van der Waals surface area (Å²) in [6.45, 7) is 1.97. The standard InChI is InChI=1S/C23H18F2N4O3/c1-3-13-11-15(22-28-29(2)23(31)32-22)12-26-20(13)14-7-9-16(10-8-14)27-21(30)19-17(24)5-4-6-18(19)25/h4-12H,3H2,1-2H3,(H,27,30). The highest BCUT2D eigenvalue weighted by Gasteiger charge is 2.17. The van der Waals surface area contributed by atoms with Crippen molar-refractivity contribution in [2.75, 3.05) is 5.32 Å². The monoisotopic (exact) mass is 436 g/mol. The molecule has 0 bridgehead atoms. The number of amides is 1. The molecule has 0 aliphatic rings. The van der Waals surface area contributed by atoms with E-state index < -0.39 is 28.9 Å². The number of aryl methyl sites for hydroxylation is 2. The number of nitrogens with one attached hydrogen (secondary N) is 1. The van der Waals surface area contributed by atoms with E-state index >= 15 is 0 Å². The fourth-order valence-electron chi connectivity index (χ4n) is 3.24. The largest absolute Gasteiger partial charge is 0.437 e. The highest BCUT2D eigenvalue weighted by atomic mass is 19.1. The predicted octanol–water partition coefficient (Wildman–Crippen LogP) is 4.20. The molecule has 0 atom stereocenters. The number of hydrogen-bond acceptors (Lipinski definition) is 5. The van der Waals surface area contributed by atoms with Gasteiger partial charge in [-0.05, 0) is 42.3 Å². The molecular formula is C23H18F2N4O3. The van der Waals surface area contributed by atoms with Crippen molar-refractivity contribution in [1.29, 1.82) is 0 Å². The quantitative estimate of drug-likeness (QED) is 0.507. The molecule has 0 saturated heterocycles. The van der Waals surface area contributed by atoms with Gasteiger partial charge in [-0.3, -0.25) is 9.78 Å². The molecule has 9 heteroatoms. The Morgan fingerprint density at radius 1 is 1.09 bits per heavy atom. The van der Waals surface area contributed by atoms with Crippen molar-refractivity contribution < 1.29 is 18.0 Å². The van der Waals surface area contributed by atoms with E-state index in [-0.39, 0.29) is 5.89 Å². The predicted molar refractivity (Wildman–Crippen MR) is 114 cm³/mol. The number of carbonyl (C=O) groups is 1. The summed E-state index contributed by atoms with van der Waals surface area (Å²) in [4.78, 5) is 28.3. The summed E-state index contributed by atoms with van der Waals surface area (Å²) in [5.41, 5.74) is 2.73. The van der Waals surface area contributed by atoms with Crippen molar-refractivity contribution in [2.24, 2.45) is 7.05 Å². The lowest BCUT2D eigenvalue weighted by atomic mass is 10.0. The van der Waals surface area contributed by atoms with E-state index in [2.05, 4.69) is 15.4 Å². The number of carbonyl (C=O) groups excluding carboxylic acids is 1. The molecule has 0 saturated carbocycles. The van der Waals surface area contributed by atoms with Crippen LogP contribution in [-0.2, 0) is 13.5 Å². The molecule has 162 valence electrons. The van der Waals surface area contributed by atoms with E-state index in [1.807, 2.05) is 13.0 Å². The summed E-state index contributed by atoms with van der Waals surface area (Å²) in [5, 5.41) is 6.53. The summed E-state index contributed by atoms with van der Waals surface area (Å²) in [6.07, 6.45) is 2.23. The van der Waals surface area contributed by atoms with Gasteiger partial charge in [0.25, 0.3) is 11.8 Å². The second-order valence-electron chi connectivity index (χ2n) is 7.01. The lowest BCUT2D eigenvalue weighted by Crippen LogP contribution is -2.15. The first-order valence-electron chi connectivity index (χ1n) is 9.76. The Kier molecular flexibility index (Phi) is 5.63. The average Bonchev–Trinajstić information content (AvgIpc) is 3.12. The Balaban J connectivity index is 1.58. The second kappa shape index (κ2) is 8.54. The minimum atomic E-state index is -0.931. The highest BCUT2D eigenvalue weighted by molar-refractivity contribution is 6.04. The van der Waals surface area contributed by atoms with Crippen LogP contribution in [0.15, 0.2) is 63.9 Å². The van der Waals surface area contributed by atoms with Gasteiger partial charge in [-0.15, -0.1) is 5.10 Å². The minimum absolute atomic E-state index is 0.185. The molecule has 2 aromatic heterocycles. The Morgan fingerprint density at radius 3 is 2.38 bits per heavy atom. The van der Waals surface area contributed by atoms with Gasteiger partial charge in [0.2, 0.25) is 0 Å². The lowest BCUT2D eigenvalue weighted by Gasteiger charge is -2.10. The zero-order valence-corrected chi connectivity index (χ0v) is 17.2. The van der Waals surface area contributed by atoms with E-state index in [9.17, 15) is 18.4 Å². The fourth-order valence-corrected chi connectivity index (χ4v) is 3.24. The van der Waals surface area contributed by atoms with Crippen LogP contribution < -0.4 is 11.1 Å². The summed E-state index contributed by atoms with van der Waals surface area (Å²) in [5.74, 6) is -3.11. The SMILES string of the molecule is CCc1cc(-c2nn(C)c(=O)o2)cnc1-c1ccc(NC(=O)c2c(F)cccc2F)cc1. The number of hydrogen-bond donors (Lipinski definition) is 1. The zero-order valence-electron chi connectivity index (χ0n) is 17.2. The second-order valence-corrected chi connectivity index (χ2v) is 7.01. The van der Waals surface area contributed by atoms with E-state index in [4.69, 9.17) is 4.42 Å². The van der Waals surface area contributed by atoms with E-state index in [0.717, 1.165) is 27.9 Å². The summed E-state index contributed by atoms with van der Waals surface area (Å²) < 4.78 is 33.8. The molecule has 1 N–H and O–H groups in total. The smallest absolute Gasteiger partial charge is 0.388 e. The number of nitrogens with zero attached hydrogens (tertiary/aromatic N) is 3. The van der Waals surface area contributed by atoms with Crippen molar-refractivity contribution >= 4 is 11.6 Å². The van der Waals surface area contributed by atoms with Gasteiger partial charge in [0, 0.05) is 24.5 Å². The van der Waals surface area contributed by atoms with Crippen LogP contribution in [0, 0.1) is 11.6 Å². The van der Waals surface area contributed by atoms with Crippen molar-refractivity contribution in [3.63, 3.8) is 0 Å². The molecule has 1 amide bonds. The van der Waals surface area contributed by atoms with Crippen LogP contribution in [0.2, 0.25) is 0 Å². The van der Waals surface area contributed by atoms with Crippen LogP contribution in [0.25, 0.3) is 22.7 Å². The Bertz CT molecular complexity index is 1340. The molecule has 7 nitrogen and oxygen atoms in total. The molecular weight excluding hydrogens is 418 g/mol. The molecule has 0 unspecified atom stereocenters. The van der Waals surface area contributed by atoms with Crippen molar-refractivity contribution in [3.8, 4) is 22.7 Å². The van der Waals surface area contributed by atoms with Gasteiger partial charge in [-0.25, -0.2) is 13.6 Å². The molecule has 2 aromatic carbocycles. The van der Waals surface area contributed by atoms with Crippen LogP contribution in [0.5, 0.6) is 0 Å². The molecule has 4 rings (SSSR count). The molecule has 0 radical (unpaired) electrons. The number of pyridine rings is 1. The van der Waals surface area contributed by atoms with Gasteiger partial charge >= 0.3 is 5.76 Å². The first-order chi connectivity index (χ1) is 15.4. The van der Waals surface area contributed by atoms with Crippen molar-refractivity contribution in [2.45, 2.75) is 13.3 Å². The van der Waals surface area contributed by atoms with E-state index in [1.54, 1.807) is 30.5 Å². The molecule has 2 heterocycles. The molecule has 0 aliphatic carbocycles. The maximum Gasteiger partial charge on any atom is 0.437 e. The zero-order chi connectivity index (χ0) is 22.8. The topological polar surface area (TPSA) is 90.0 Å². The number of benzene rings is 2. The number of rotatable bonds is 5. The van der Waals surface area contributed by atoms with E-state index in [0.29, 0.717) is 23.4 Å². The maximum atomic E-state index is 13.8. The van der Waals surface area contributed by atoms with Crippen LogP contribution in [-0.4, -0.2) is 20.7 Å². The number of aromatic nitrogens is 3. The highest BCUT2D eigenvalue weighted by Crippen LogP contribution is 2.27. The summed E-state index contributed by atoms with van der Waals surface area (Å²) in [7, 11) is 1.50. The summed E-state index contributed by atoms with van der Waals surface area (Å²) in [6, 6.07) is 11.8. The third-order valence-electron chi connectivity index (χ3n) is 4.89. The number of halogens is 2. The number of anilines is 1. The van der Waals surface area contributed by atoms with Crippen LogP contribution in [0.1, 0.15) is 22.8 Å². The molecule has 4 aromatic rings. The first-order valence-corrected chi connectivity index (χ1v) is 9.76. The summed E-state index contributed by atoms with van der Waals surface area (Å²) >= 11 is 0. The van der Waals surface area contributed by atoms with Crippen LogP contribution in [0.4, 0.5) is 14.5 Å². The van der Waals surface area contributed by atoms with Crippen molar-refractivity contribution in [3.05, 3.63) is 88.0 Å². The van der Waals surface area contributed by atoms with Gasteiger partial charge in [0.05, 0.1) is 11.3 Å². The Labute approximate surface area is 181 Å². The molecule has 32 heavy (non-hydrogen) atoms. The van der Waals surface area contributed by atoms with Gasteiger partial charge in [0.15, 0.2) is 0 Å². The minimum Gasteiger partial charge on any atom is -0.388 e. The third kappa shape index (κ3) is 4.04. The maximum absolute atomic E-state index is 13.8. The molecule has 0 fully saturated rings. The van der Waals surface area contributed by atoms with Crippen molar-refractivity contribution in [1.82, 2.24) is 14.8 Å². The van der Waals surface area contributed by atoms with Crippen LogP contribution >= 0.6 is 0 Å². The normalized spacial score (nSPS) is 10.9. The van der Waals surface area contributed by atoms with E-state index in [1.165, 1.54) is 13.1 Å². The Morgan fingerprint density at radius 2 is 1.78 bits per heavy atom. The lowest BCUT2D eigenvalue weighted by molar-refractivity contribution is 0.101. The van der Waals surface area contributed by atoms with Gasteiger partial charge in [-0.2, -0.15) is 4.68 Å². The Hall–Kier alpha value is -4.14. The van der Waals surface area contributed by atoms with Gasteiger partial charge in [0.1, 0.15) is 17.2 Å².